The maximum absolute atomic E-state index is 13.7. The molecule has 0 spiro atoms. The lowest BCUT2D eigenvalue weighted by atomic mass is 10.2. The Balaban J connectivity index is 2.36. The lowest BCUT2D eigenvalue weighted by molar-refractivity contribution is 0.406. The first-order valence-corrected chi connectivity index (χ1v) is 5.78. The Morgan fingerprint density at radius 3 is 2.71 bits per heavy atom. The van der Waals surface area contributed by atoms with Gasteiger partial charge in [-0.05, 0) is 37.6 Å². The number of aromatic nitrogens is 2. The predicted molar refractivity (Wildman–Crippen MR) is 65.7 cm³/mol. The molecule has 0 aliphatic rings. The fourth-order valence-electron chi connectivity index (χ4n) is 1.38. The van der Waals surface area contributed by atoms with Crippen LogP contribution in [0.5, 0.6) is 11.8 Å². The summed E-state index contributed by atoms with van der Waals surface area (Å²) < 4.78 is 19.7. The number of hydrogen-bond acceptors (Lipinski definition) is 3. The number of ether oxygens (including phenoxy) is 1. The van der Waals surface area contributed by atoms with E-state index in [1.807, 2.05) is 6.92 Å². The second-order valence-electron chi connectivity index (χ2n) is 3.62. The highest BCUT2D eigenvalue weighted by molar-refractivity contribution is 9.10. The average Bonchev–Trinajstić information content (AvgIpc) is 2.23. The van der Waals surface area contributed by atoms with E-state index in [9.17, 15) is 4.39 Å². The van der Waals surface area contributed by atoms with Crippen LogP contribution in [0.4, 0.5) is 4.39 Å². The molecule has 0 fully saturated rings. The summed E-state index contributed by atoms with van der Waals surface area (Å²) in [6.07, 6.45) is 1.57. The number of rotatable bonds is 2. The Labute approximate surface area is 107 Å². The van der Waals surface area contributed by atoms with E-state index in [0.717, 1.165) is 5.69 Å². The molecule has 3 nitrogen and oxygen atoms in total. The molecule has 0 atom stereocenters. The van der Waals surface area contributed by atoms with Crippen molar-refractivity contribution in [1.29, 1.82) is 0 Å². The molecule has 0 aliphatic carbocycles. The van der Waals surface area contributed by atoms with Crippen LogP contribution in [0, 0.1) is 19.7 Å². The summed E-state index contributed by atoms with van der Waals surface area (Å²) in [7, 11) is 0. The second-order valence-corrected chi connectivity index (χ2v) is 4.53. The van der Waals surface area contributed by atoms with Crippen LogP contribution < -0.4 is 4.74 Å². The highest BCUT2D eigenvalue weighted by atomic mass is 79.9. The number of halogens is 2. The summed E-state index contributed by atoms with van der Waals surface area (Å²) in [4.78, 5) is 7.99. The third kappa shape index (κ3) is 2.79. The van der Waals surface area contributed by atoms with Gasteiger partial charge in [0.1, 0.15) is 0 Å². The van der Waals surface area contributed by atoms with Crippen molar-refractivity contribution in [3.63, 3.8) is 0 Å². The Morgan fingerprint density at radius 1 is 1.29 bits per heavy atom. The normalized spacial score (nSPS) is 10.4. The van der Waals surface area contributed by atoms with Crippen LogP contribution in [0.1, 0.15) is 11.3 Å². The largest absolute Gasteiger partial charge is 0.421 e. The van der Waals surface area contributed by atoms with Gasteiger partial charge in [-0.15, -0.1) is 0 Å². The minimum absolute atomic E-state index is 0.148. The molecular weight excluding hydrogens is 287 g/mol. The van der Waals surface area contributed by atoms with Gasteiger partial charge < -0.3 is 4.74 Å². The number of hydrogen-bond donors (Lipinski definition) is 0. The molecule has 1 heterocycles. The highest BCUT2D eigenvalue weighted by Gasteiger charge is 2.11. The molecule has 0 unspecified atom stereocenters. The molecule has 0 saturated heterocycles. The Kier molecular flexibility index (Phi) is 3.38. The molecule has 0 aliphatic heterocycles. The first-order valence-electron chi connectivity index (χ1n) is 4.99. The molecule has 5 heteroatoms. The number of nitrogens with zero attached hydrogens (tertiary/aromatic N) is 2. The fourth-order valence-corrected chi connectivity index (χ4v) is 1.93. The van der Waals surface area contributed by atoms with Crippen LogP contribution in [-0.2, 0) is 0 Å². The van der Waals surface area contributed by atoms with Gasteiger partial charge in [0.2, 0.25) is 0 Å². The summed E-state index contributed by atoms with van der Waals surface area (Å²) >= 11 is 3.22. The van der Waals surface area contributed by atoms with Crippen molar-refractivity contribution in [2.45, 2.75) is 13.8 Å². The van der Waals surface area contributed by atoms with E-state index >= 15 is 0 Å². The molecule has 2 rings (SSSR count). The number of aryl methyl sites for hydroxylation is 2. The van der Waals surface area contributed by atoms with Crippen LogP contribution in [-0.4, -0.2) is 9.97 Å². The first-order chi connectivity index (χ1) is 8.06. The summed E-state index contributed by atoms with van der Waals surface area (Å²) in [6, 6.07) is 5.01. The third-order valence-electron chi connectivity index (χ3n) is 2.16. The van der Waals surface area contributed by atoms with E-state index in [1.165, 1.54) is 6.07 Å². The van der Waals surface area contributed by atoms with Gasteiger partial charge in [0, 0.05) is 16.4 Å². The maximum atomic E-state index is 13.7. The second kappa shape index (κ2) is 4.79. The van der Waals surface area contributed by atoms with Gasteiger partial charge in [-0.1, -0.05) is 15.9 Å². The molecule has 0 saturated carbocycles. The van der Waals surface area contributed by atoms with E-state index < -0.39 is 5.82 Å². The maximum Gasteiger partial charge on any atom is 0.322 e. The summed E-state index contributed by atoms with van der Waals surface area (Å²) in [5.74, 6) is -0.291. The monoisotopic (exact) mass is 296 g/mol. The predicted octanol–water partition coefficient (Wildman–Crippen LogP) is 3.79. The van der Waals surface area contributed by atoms with E-state index in [2.05, 4.69) is 25.9 Å². The lowest BCUT2D eigenvalue weighted by Crippen LogP contribution is -1.97. The van der Waals surface area contributed by atoms with Crippen molar-refractivity contribution < 1.29 is 9.13 Å². The van der Waals surface area contributed by atoms with Gasteiger partial charge in [0.25, 0.3) is 0 Å². The molecule has 0 N–H and O–H groups in total. The summed E-state index contributed by atoms with van der Waals surface area (Å²) in [5, 5.41) is 0. The van der Waals surface area contributed by atoms with Gasteiger partial charge in [-0.25, -0.2) is 14.4 Å². The number of benzene rings is 1. The topological polar surface area (TPSA) is 35.0 Å². The van der Waals surface area contributed by atoms with Crippen molar-refractivity contribution in [2.75, 3.05) is 0 Å². The van der Waals surface area contributed by atoms with Gasteiger partial charge >= 0.3 is 6.01 Å². The highest BCUT2D eigenvalue weighted by Crippen LogP contribution is 2.29. The van der Waals surface area contributed by atoms with Gasteiger partial charge in [-0.2, -0.15) is 0 Å². The van der Waals surface area contributed by atoms with Crippen molar-refractivity contribution in [3.8, 4) is 11.8 Å². The fraction of sp³-hybridized carbons (Fsp3) is 0.167. The molecule has 0 radical (unpaired) electrons. The molecule has 1 aromatic heterocycles. The summed E-state index contributed by atoms with van der Waals surface area (Å²) in [6.45, 7) is 3.58. The van der Waals surface area contributed by atoms with Crippen molar-refractivity contribution in [3.05, 3.63) is 45.9 Å². The van der Waals surface area contributed by atoms with Crippen molar-refractivity contribution in [2.24, 2.45) is 0 Å². The van der Waals surface area contributed by atoms with Crippen LogP contribution in [0.25, 0.3) is 0 Å². The molecule has 88 valence electrons. The Hall–Kier alpha value is -1.49. The molecule has 1 aromatic carbocycles. The standard InChI is InChI=1S/C12H10BrFN2O/c1-7-5-9(13)6-10(14)11(7)17-12-15-4-3-8(2)16-12/h3-6H,1-2H3. The van der Waals surface area contributed by atoms with Crippen LogP contribution >= 0.6 is 15.9 Å². The summed E-state index contributed by atoms with van der Waals surface area (Å²) in [5.41, 5.74) is 1.45. The zero-order chi connectivity index (χ0) is 12.4. The van der Waals surface area contributed by atoms with E-state index in [-0.39, 0.29) is 11.8 Å². The molecular formula is C12H10BrFN2O. The SMILES string of the molecule is Cc1ccnc(Oc2c(C)cc(Br)cc2F)n1. The lowest BCUT2D eigenvalue weighted by Gasteiger charge is -2.08. The van der Waals surface area contributed by atoms with Gasteiger partial charge in [0.15, 0.2) is 11.6 Å². The van der Waals surface area contributed by atoms with Crippen molar-refractivity contribution >= 4 is 15.9 Å². The van der Waals surface area contributed by atoms with Crippen LogP contribution in [0.15, 0.2) is 28.9 Å². The zero-order valence-electron chi connectivity index (χ0n) is 9.37. The average molecular weight is 297 g/mol. The Morgan fingerprint density at radius 2 is 2.06 bits per heavy atom. The Bertz CT molecular complexity index is 537. The zero-order valence-corrected chi connectivity index (χ0v) is 11.0. The molecule has 0 bridgehead atoms. The third-order valence-corrected chi connectivity index (χ3v) is 2.62. The minimum Gasteiger partial charge on any atom is -0.421 e. The van der Waals surface area contributed by atoms with Gasteiger partial charge in [-0.3, -0.25) is 0 Å². The van der Waals surface area contributed by atoms with E-state index in [1.54, 1.807) is 25.3 Å². The molecule has 2 aromatic rings. The van der Waals surface area contributed by atoms with Crippen LogP contribution in [0.3, 0.4) is 0 Å². The van der Waals surface area contributed by atoms with E-state index in [4.69, 9.17) is 4.74 Å². The van der Waals surface area contributed by atoms with E-state index in [0.29, 0.717) is 10.0 Å². The van der Waals surface area contributed by atoms with Gasteiger partial charge in [0.05, 0.1) is 0 Å². The molecule has 0 amide bonds. The smallest absolute Gasteiger partial charge is 0.322 e. The minimum atomic E-state index is -0.443. The first kappa shape index (κ1) is 12.0. The molecule has 17 heavy (non-hydrogen) atoms. The quantitative estimate of drug-likeness (QED) is 0.846. The van der Waals surface area contributed by atoms with Crippen molar-refractivity contribution in [1.82, 2.24) is 9.97 Å². The van der Waals surface area contributed by atoms with Crippen LogP contribution in [0.2, 0.25) is 0 Å².